The Morgan fingerprint density at radius 1 is 0.630 bits per heavy atom. The van der Waals surface area contributed by atoms with Crippen molar-refractivity contribution in [3.63, 3.8) is 0 Å². The van der Waals surface area contributed by atoms with Gasteiger partial charge in [0.1, 0.15) is 18.8 Å². The number of hydrogen-bond donors (Lipinski definition) is 0. The predicted octanol–water partition coefficient (Wildman–Crippen LogP) is 6.79. The van der Waals surface area contributed by atoms with Gasteiger partial charge in [0.15, 0.2) is 18.7 Å². The van der Waals surface area contributed by atoms with E-state index in [0.29, 0.717) is 18.4 Å². The summed E-state index contributed by atoms with van der Waals surface area (Å²) in [5.41, 5.74) is 1.97. The summed E-state index contributed by atoms with van der Waals surface area (Å²) in [7, 11) is 0. The molecule has 0 amide bonds. The average molecular weight is 639 g/mol. The van der Waals surface area contributed by atoms with E-state index in [-0.39, 0.29) is 55.2 Å². The standard InChI is InChI=1S/C38H54O8/c1-22-23(2)28(7)43-37(26(22)5)46-34-25(4)24(3)29(8)44-38(34)45-33-27(6)32(40-19-30-15-11-9-12-16-30)21-41-35(33)36(39)42-20-31-17-13-10-14-18-31/h9-18,22-29,32-35,37-38H,19-21H2,1-8H3/t22?,23-,24-,25?,26?,27-,28+,29+,32?,33-,34?,35?,37+,38+/m1/s1. The van der Waals surface area contributed by atoms with Crippen LogP contribution in [0.3, 0.4) is 0 Å². The number of rotatable bonds is 10. The van der Waals surface area contributed by atoms with E-state index in [1.165, 1.54) is 0 Å². The Morgan fingerprint density at radius 2 is 1.17 bits per heavy atom. The van der Waals surface area contributed by atoms with Crippen LogP contribution in [-0.2, 0) is 51.2 Å². The molecular formula is C38H54O8. The lowest BCUT2D eigenvalue weighted by atomic mass is 9.79. The highest BCUT2D eigenvalue weighted by molar-refractivity contribution is 5.75. The van der Waals surface area contributed by atoms with E-state index in [4.69, 9.17) is 33.2 Å². The van der Waals surface area contributed by atoms with E-state index < -0.39 is 36.9 Å². The predicted molar refractivity (Wildman–Crippen MR) is 174 cm³/mol. The lowest BCUT2D eigenvalue weighted by Gasteiger charge is -2.49. The minimum absolute atomic E-state index is 0.0733. The normalized spacial score (nSPS) is 39.9. The maximum absolute atomic E-state index is 13.6. The van der Waals surface area contributed by atoms with Crippen LogP contribution in [0.25, 0.3) is 0 Å². The SMILES string of the molecule is CC1C(C)[C@@H](C)[C@H](C)O[C@H]1OC1C(C)[C@@H](C)[C@H](C)O[C@H]1O[C@H]1C(C(=O)OCc2ccccc2)OCC(OCc2ccccc2)[C@H]1C. The molecule has 6 unspecified atom stereocenters. The van der Waals surface area contributed by atoms with Gasteiger partial charge in [0.05, 0.1) is 31.5 Å². The third-order valence-corrected chi connectivity index (χ3v) is 11.1. The minimum atomic E-state index is -0.949. The first-order valence-electron chi connectivity index (χ1n) is 17.1. The van der Waals surface area contributed by atoms with E-state index in [1.807, 2.05) is 67.6 Å². The van der Waals surface area contributed by atoms with Gasteiger partial charge in [-0.15, -0.1) is 0 Å². The molecule has 5 rings (SSSR count). The van der Waals surface area contributed by atoms with Crippen LogP contribution in [0.1, 0.15) is 66.5 Å². The van der Waals surface area contributed by atoms with Crippen molar-refractivity contribution in [2.45, 2.75) is 118 Å². The van der Waals surface area contributed by atoms with Gasteiger partial charge in [0.25, 0.3) is 0 Å². The van der Waals surface area contributed by atoms with Crippen LogP contribution in [0.5, 0.6) is 0 Å². The summed E-state index contributed by atoms with van der Waals surface area (Å²) >= 11 is 0. The van der Waals surface area contributed by atoms with Crippen LogP contribution in [0.2, 0.25) is 0 Å². The van der Waals surface area contributed by atoms with Crippen molar-refractivity contribution in [3.05, 3.63) is 71.8 Å². The van der Waals surface area contributed by atoms with Crippen molar-refractivity contribution in [1.29, 1.82) is 0 Å². The van der Waals surface area contributed by atoms with Crippen LogP contribution in [-0.4, -0.2) is 61.8 Å². The topological polar surface area (TPSA) is 81.7 Å². The Hall–Kier alpha value is -2.33. The van der Waals surface area contributed by atoms with Crippen molar-refractivity contribution in [3.8, 4) is 0 Å². The fraction of sp³-hybridized carbons (Fsp3) is 0.658. The summed E-state index contributed by atoms with van der Waals surface area (Å²) in [4.78, 5) is 13.6. The number of ether oxygens (including phenoxy) is 7. The molecule has 0 bridgehead atoms. The first-order valence-corrected chi connectivity index (χ1v) is 17.1. The highest BCUT2D eigenvalue weighted by Gasteiger charge is 2.50. The van der Waals surface area contributed by atoms with E-state index in [0.717, 1.165) is 11.1 Å². The van der Waals surface area contributed by atoms with Crippen LogP contribution in [0.15, 0.2) is 60.7 Å². The van der Waals surface area contributed by atoms with Gasteiger partial charge in [-0.25, -0.2) is 4.79 Å². The number of benzene rings is 2. The fourth-order valence-electron chi connectivity index (χ4n) is 6.88. The molecule has 254 valence electrons. The highest BCUT2D eigenvalue weighted by Crippen LogP contribution is 2.41. The van der Waals surface area contributed by atoms with Gasteiger partial charge in [0, 0.05) is 11.8 Å². The largest absolute Gasteiger partial charge is 0.459 e. The quantitative estimate of drug-likeness (QED) is 0.263. The Balaban J connectivity index is 1.36. The second kappa shape index (κ2) is 15.7. The highest BCUT2D eigenvalue weighted by atomic mass is 16.7. The molecule has 0 saturated carbocycles. The summed E-state index contributed by atoms with van der Waals surface area (Å²) in [5, 5.41) is 0. The first kappa shape index (κ1) is 35.0. The Bertz CT molecular complexity index is 1230. The summed E-state index contributed by atoms with van der Waals surface area (Å²) < 4.78 is 45.0. The summed E-state index contributed by atoms with van der Waals surface area (Å²) in [6.45, 7) is 18.1. The molecule has 3 saturated heterocycles. The maximum Gasteiger partial charge on any atom is 0.338 e. The molecule has 2 aromatic carbocycles. The molecule has 0 aliphatic carbocycles. The first-order chi connectivity index (χ1) is 22.0. The van der Waals surface area contributed by atoms with Gasteiger partial charge in [0.2, 0.25) is 0 Å². The second-order valence-corrected chi connectivity index (χ2v) is 14.0. The number of esters is 1. The van der Waals surface area contributed by atoms with Crippen LogP contribution >= 0.6 is 0 Å². The van der Waals surface area contributed by atoms with Crippen LogP contribution < -0.4 is 0 Å². The lowest BCUT2D eigenvalue weighted by Crippen LogP contribution is -2.59. The zero-order valence-corrected chi connectivity index (χ0v) is 28.7. The molecule has 0 spiro atoms. The molecule has 3 heterocycles. The van der Waals surface area contributed by atoms with Gasteiger partial charge in [-0.3, -0.25) is 0 Å². The monoisotopic (exact) mass is 638 g/mol. The third-order valence-electron chi connectivity index (χ3n) is 11.1. The summed E-state index contributed by atoms with van der Waals surface area (Å²) in [6, 6.07) is 19.7. The molecule has 8 heteroatoms. The van der Waals surface area contributed by atoms with E-state index >= 15 is 0 Å². The average Bonchev–Trinajstić information content (AvgIpc) is 3.06. The number of carbonyl (C=O) groups excluding carboxylic acids is 1. The molecule has 14 atom stereocenters. The number of carbonyl (C=O) groups is 1. The molecule has 8 nitrogen and oxygen atoms in total. The molecule has 3 fully saturated rings. The Morgan fingerprint density at radius 3 is 1.80 bits per heavy atom. The van der Waals surface area contributed by atoms with Crippen LogP contribution in [0.4, 0.5) is 0 Å². The summed E-state index contributed by atoms with van der Waals surface area (Å²) in [5.74, 6) is 0.729. The van der Waals surface area contributed by atoms with Gasteiger partial charge in [-0.1, -0.05) is 102 Å². The molecule has 0 radical (unpaired) electrons. The van der Waals surface area contributed by atoms with Crippen molar-refractivity contribution < 1.29 is 38.0 Å². The smallest absolute Gasteiger partial charge is 0.338 e. The molecular weight excluding hydrogens is 584 g/mol. The molecule has 46 heavy (non-hydrogen) atoms. The van der Waals surface area contributed by atoms with Crippen molar-refractivity contribution in [1.82, 2.24) is 0 Å². The third kappa shape index (κ3) is 8.03. The summed E-state index contributed by atoms with van der Waals surface area (Å²) in [6.07, 6.45) is -3.48. The Labute approximate surface area is 275 Å². The van der Waals surface area contributed by atoms with E-state index in [2.05, 4.69) is 48.5 Å². The molecule has 3 aliphatic rings. The van der Waals surface area contributed by atoms with Gasteiger partial charge in [-0.2, -0.15) is 0 Å². The molecule has 2 aromatic rings. The van der Waals surface area contributed by atoms with Crippen molar-refractivity contribution in [2.24, 2.45) is 35.5 Å². The lowest BCUT2D eigenvalue weighted by molar-refractivity contribution is -0.351. The molecule has 0 aromatic heterocycles. The van der Waals surface area contributed by atoms with Gasteiger partial charge in [-0.05, 0) is 48.6 Å². The molecule has 0 N–H and O–H groups in total. The zero-order valence-electron chi connectivity index (χ0n) is 28.7. The number of hydrogen-bond acceptors (Lipinski definition) is 8. The minimum Gasteiger partial charge on any atom is -0.459 e. The second-order valence-electron chi connectivity index (χ2n) is 14.0. The zero-order chi connectivity index (χ0) is 33.0. The van der Waals surface area contributed by atoms with Gasteiger partial charge >= 0.3 is 5.97 Å². The van der Waals surface area contributed by atoms with Crippen molar-refractivity contribution in [2.75, 3.05) is 6.61 Å². The van der Waals surface area contributed by atoms with Crippen LogP contribution in [0, 0.1) is 35.5 Å². The fourth-order valence-corrected chi connectivity index (χ4v) is 6.88. The molecule has 3 aliphatic heterocycles. The van der Waals surface area contributed by atoms with Crippen molar-refractivity contribution >= 4 is 5.97 Å². The maximum atomic E-state index is 13.6. The van der Waals surface area contributed by atoms with Gasteiger partial charge < -0.3 is 33.2 Å². The van der Waals surface area contributed by atoms with E-state index in [1.54, 1.807) is 0 Å². The Kier molecular flexibility index (Phi) is 12.0. The van der Waals surface area contributed by atoms with E-state index in [9.17, 15) is 4.79 Å².